The lowest BCUT2D eigenvalue weighted by Crippen LogP contribution is -2.63. The second-order valence-corrected chi connectivity index (χ2v) is 6.04. The van der Waals surface area contributed by atoms with Gasteiger partial charge in [0.25, 0.3) is 0 Å². The Labute approximate surface area is 138 Å². The molecule has 1 aliphatic rings. The van der Waals surface area contributed by atoms with Gasteiger partial charge in [-0.05, 0) is 25.0 Å². The van der Waals surface area contributed by atoms with Gasteiger partial charge < -0.3 is 5.32 Å². The van der Waals surface area contributed by atoms with Gasteiger partial charge in [-0.25, -0.2) is 0 Å². The molecule has 0 spiro atoms. The van der Waals surface area contributed by atoms with Gasteiger partial charge in [-0.1, -0.05) is 48.7 Å². The molecule has 1 saturated heterocycles. The summed E-state index contributed by atoms with van der Waals surface area (Å²) in [7, 11) is 0. The van der Waals surface area contributed by atoms with Crippen LogP contribution >= 0.6 is 34.8 Å². The van der Waals surface area contributed by atoms with Crippen molar-refractivity contribution in [3.8, 4) is 0 Å². The number of nitrogens with zero attached hydrogens (tertiary/aromatic N) is 1. The topological polar surface area (TPSA) is 49.4 Å². The molecule has 1 aliphatic heterocycles. The maximum atomic E-state index is 12.6. The van der Waals surface area contributed by atoms with Crippen molar-refractivity contribution in [3.05, 3.63) is 27.2 Å². The average molecular weight is 350 g/mol. The largest absolute Gasteiger partial charge is 0.342 e. The normalized spacial score (nSPS) is 22.4. The minimum atomic E-state index is -0.602. The van der Waals surface area contributed by atoms with Crippen LogP contribution in [0.25, 0.3) is 0 Å². The molecule has 21 heavy (non-hydrogen) atoms. The van der Waals surface area contributed by atoms with Crippen LogP contribution in [-0.2, 0) is 9.59 Å². The lowest BCUT2D eigenvalue weighted by atomic mass is 10.0. The highest BCUT2D eigenvalue weighted by molar-refractivity contribution is 6.44. The van der Waals surface area contributed by atoms with Gasteiger partial charge in [0.2, 0.25) is 11.8 Å². The second-order valence-electron chi connectivity index (χ2n) is 4.82. The molecular weight excluding hydrogens is 335 g/mol. The standard InChI is InChI=1S/C14H15Cl3N2O2/c1-3-10-14(21)19(11(4-2)13(20)18-10)12-6-8(16)7(15)5-9(12)17/h5-6,10-11H,3-4H2,1-2H3,(H,18,20). The van der Waals surface area contributed by atoms with E-state index in [1.54, 1.807) is 0 Å². The predicted octanol–water partition coefficient (Wildman–Crippen LogP) is 3.67. The van der Waals surface area contributed by atoms with Crippen molar-refractivity contribution in [1.82, 2.24) is 5.32 Å². The Kier molecular flexibility index (Phi) is 5.02. The van der Waals surface area contributed by atoms with E-state index in [-0.39, 0.29) is 16.8 Å². The molecule has 1 N–H and O–H groups in total. The number of benzene rings is 1. The third kappa shape index (κ3) is 2.98. The molecule has 2 amide bonds. The van der Waals surface area contributed by atoms with E-state index in [2.05, 4.69) is 5.32 Å². The summed E-state index contributed by atoms with van der Waals surface area (Å²) < 4.78 is 0. The van der Waals surface area contributed by atoms with Gasteiger partial charge >= 0.3 is 0 Å². The number of piperazine rings is 1. The fourth-order valence-corrected chi connectivity index (χ4v) is 3.03. The lowest BCUT2D eigenvalue weighted by Gasteiger charge is -2.38. The van der Waals surface area contributed by atoms with Crippen molar-refractivity contribution in [2.75, 3.05) is 4.90 Å². The van der Waals surface area contributed by atoms with E-state index in [1.807, 2.05) is 13.8 Å². The molecule has 1 fully saturated rings. The number of halogens is 3. The fraction of sp³-hybridized carbons (Fsp3) is 0.429. The van der Waals surface area contributed by atoms with Gasteiger partial charge in [0.15, 0.2) is 0 Å². The Morgan fingerprint density at radius 3 is 2.24 bits per heavy atom. The predicted molar refractivity (Wildman–Crippen MR) is 85.3 cm³/mol. The Morgan fingerprint density at radius 2 is 1.67 bits per heavy atom. The number of rotatable bonds is 3. The van der Waals surface area contributed by atoms with Crippen LogP contribution in [0.2, 0.25) is 15.1 Å². The summed E-state index contributed by atoms with van der Waals surface area (Å²) in [5.74, 6) is -0.379. The Hall–Kier alpha value is -0.970. The van der Waals surface area contributed by atoms with Crippen LogP contribution in [0.3, 0.4) is 0 Å². The summed E-state index contributed by atoms with van der Waals surface area (Å²) >= 11 is 18.1. The molecule has 1 aromatic carbocycles. The Balaban J connectivity index is 2.53. The van der Waals surface area contributed by atoms with Gasteiger partial charge in [0.05, 0.1) is 20.8 Å². The van der Waals surface area contributed by atoms with Crippen molar-refractivity contribution in [2.45, 2.75) is 38.8 Å². The van der Waals surface area contributed by atoms with Crippen LogP contribution < -0.4 is 10.2 Å². The number of nitrogens with one attached hydrogen (secondary N) is 1. The first kappa shape index (κ1) is 16.4. The summed E-state index contributed by atoms with van der Waals surface area (Å²) in [6, 6.07) is 1.85. The van der Waals surface area contributed by atoms with E-state index in [0.29, 0.717) is 28.6 Å². The summed E-state index contributed by atoms with van der Waals surface area (Å²) in [5, 5.41) is 3.62. The van der Waals surface area contributed by atoms with Crippen LogP contribution in [0.4, 0.5) is 5.69 Å². The number of anilines is 1. The molecule has 114 valence electrons. The minimum absolute atomic E-state index is 0.189. The van der Waals surface area contributed by atoms with Gasteiger partial charge in [-0.3, -0.25) is 14.5 Å². The number of carbonyl (C=O) groups is 2. The maximum Gasteiger partial charge on any atom is 0.250 e. The van der Waals surface area contributed by atoms with Crippen LogP contribution in [-0.4, -0.2) is 23.9 Å². The van der Waals surface area contributed by atoms with E-state index < -0.39 is 12.1 Å². The smallest absolute Gasteiger partial charge is 0.250 e. The highest BCUT2D eigenvalue weighted by atomic mass is 35.5. The van der Waals surface area contributed by atoms with Crippen LogP contribution in [0.1, 0.15) is 26.7 Å². The molecule has 0 bridgehead atoms. The van der Waals surface area contributed by atoms with E-state index >= 15 is 0 Å². The third-order valence-corrected chi connectivity index (χ3v) is 4.54. The molecule has 2 rings (SSSR count). The minimum Gasteiger partial charge on any atom is -0.342 e. The molecule has 0 aliphatic carbocycles. The molecular formula is C14H15Cl3N2O2. The maximum absolute atomic E-state index is 12.6. The highest BCUT2D eigenvalue weighted by Crippen LogP contribution is 2.37. The van der Waals surface area contributed by atoms with E-state index in [4.69, 9.17) is 34.8 Å². The number of hydrogen-bond donors (Lipinski definition) is 1. The molecule has 1 heterocycles. The monoisotopic (exact) mass is 348 g/mol. The molecule has 0 aromatic heterocycles. The Bertz CT molecular complexity index is 592. The first-order valence-electron chi connectivity index (χ1n) is 6.68. The second kappa shape index (κ2) is 6.42. The molecule has 0 saturated carbocycles. The third-order valence-electron chi connectivity index (χ3n) is 3.51. The van der Waals surface area contributed by atoms with Gasteiger partial charge in [-0.15, -0.1) is 0 Å². The zero-order valence-corrected chi connectivity index (χ0v) is 13.9. The van der Waals surface area contributed by atoms with E-state index in [0.717, 1.165) is 0 Å². The number of hydrogen-bond acceptors (Lipinski definition) is 2. The highest BCUT2D eigenvalue weighted by Gasteiger charge is 2.40. The summed E-state index contributed by atoms with van der Waals surface area (Å²) in [4.78, 5) is 26.2. The molecule has 4 nitrogen and oxygen atoms in total. The van der Waals surface area contributed by atoms with E-state index in [1.165, 1.54) is 17.0 Å². The van der Waals surface area contributed by atoms with Gasteiger partial charge in [-0.2, -0.15) is 0 Å². The number of amides is 2. The van der Waals surface area contributed by atoms with Gasteiger partial charge in [0.1, 0.15) is 12.1 Å². The molecule has 7 heteroatoms. The molecule has 2 atom stereocenters. The molecule has 1 aromatic rings. The van der Waals surface area contributed by atoms with Crippen molar-refractivity contribution in [3.63, 3.8) is 0 Å². The first-order chi connectivity index (χ1) is 9.90. The van der Waals surface area contributed by atoms with Crippen LogP contribution in [0.5, 0.6) is 0 Å². The summed E-state index contributed by atoms with van der Waals surface area (Å²) in [5.41, 5.74) is 0.413. The van der Waals surface area contributed by atoms with Crippen molar-refractivity contribution in [2.24, 2.45) is 0 Å². The van der Waals surface area contributed by atoms with Gasteiger partial charge in [0, 0.05) is 0 Å². The Morgan fingerprint density at radius 1 is 1.05 bits per heavy atom. The fourth-order valence-electron chi connectivity index (χ4n) is 2.40. The number of carbonyl (C=O) groups excluding carboxylic acids is 2. The summed E-state index contributed by atoms with van der Waals surface area (Å²) in [6.45, 7) is 3.67. The first-order valence-corrected chi connectivity index (χ1v) is 7.82. The van der Waals surface area contributed by atoms with Crippen LogP contribution in [0, 0.1) is 0 Å². The van der Waals surface area contributed by atoms with Crippen molar-refractivity contribution < 1.29 is 9.59 Å². The zero-order chi connectivity index (χ0) is 15.7. The van der Waals surface area contributed by atoms with E-state index in [9.17, 15) is 9.59 Å². The van der Waals surface area contributed by atoms with Crippen molar-refractivity contribution >= 4 is 52.3 Å². The average Bonchev–Trinajstić information content (AvgIpc) is 2.44. The lowest BCUT2D eigenvalue weighted by molar-refractivity contribution is -0.134. The summed E-state index contributed by atoms with van der Waals surface area (Å²) in [6.07, 6.45) is 0.987. The SMILES string of the molecule is CCC1NC(=O)C(CC)N(c2cc(Cl)c(Cl)cc2Cl)C1=O. The van der Waals surface area contributed by atoms with Crippen LogP contribution in [0.15, 0.2) is 12.1 Å². The molecule has 2 unspecified atom stereocenters. The quantitative estimate of drug-likeness (QED) is 0.847. The molecule has 0 radical (unpaired) electrons. The van der Waals surface area contributed by atoms with Crippen molar-refractivity contribution in [1.29, 1.82) is 0 Å². The zero-order valence-electron chi connectivity index (χ0n) is 11.6.